The van der Waals surface area contributed by atoms with Crippen LogP contribution in [0.5, 0.6) is 0 Å². The summed E-state index contributed by atoms with van der Waals surface area (Å²) in [4.78, 5) is 12.1. The lowest BCUT2D eigenvalue weighted by Crippen LogP contribution is -2.43. The number of carbonyl (C=O) groups excluding carboxylic acids is 1. The first-order chi connectivity index (χ1) is 11.5. The standard InChI is InChI=1S/C22H28O2/c1-13(23)18-6-7-19-16-4-5-17-15(14(16)8-10-21(18,19)2)9-11-22(24-3)12-20(17)22/h6,9,11,14,16,19-20H,4-5,7-8,10,12H2,1-3H3/t14?,16?,19?,20?,21-,22+/m1/s1. The number of allylic oxidation sites excluding steroid dienone is 4. The van der Waals surface area contributed by atoms with E-state index in [1.54, 1.807) is 18.1 Å². The normalized spacial score (nSPS) is 48.2. The topological polar surface area (TPSA) is 26.3 Å². The van der Waals surface area contributed by atoms with Gasteiger partial charge in [0.2, 0.25) is 0 Å². The van der Waals surface area contributed by atoms with Crippen molar-refractivity contribution in [2.45, 2.75) is 58.0 Å². The van der Waals surface area contributed by atoms with Gasteiger partial charge in [-0.15, -0.1) is 0 Å². The van der Waals surface area contributed by atoms with Crippen molar-refractivity contribution in [3.8, 4) is 0 Å². The lowest BCUT2D eigenvalue weighted by Gasteiger charge is -2.51. The highest BCUT2D eigenvalue weighted by Crippen LogP contribution is 2.64. The molecule has 0 bridgehead atoms. The molecule has 2 nitrogen and oxygen atoms in total. The van der Waals surface area contributed by atoms with Gasteiger partial charge in [-0.05, 0) is 79.8 Å². The van der Waals surface area contributed by atoms with Gasteiger partial charge in [-0.25, -0.2) is 0 Å². The number of Topliss-reactive ketones (excluding diaryl/α,β-unsaturated/α-hetero) is 1. The molecule has 0 N–H and O–H groups in total. The van der Waals surface area contributed by atoms with Crippen LogP contribution in [-0.4, -0.2) is 18.5 Å². The molecule has 0 aromatic heterocycles. The highest BCUT2D eigenvalue weighted by atomic mass is 16.5. The van der Waals surface area contributed by atoms with Gasteiger partial charge < -0.3 is 4.74 Å². The first-order valence-corrected chi connectivity index (χ1v) is 9.69. The molecular formula is C22H28O2. The Bertz CT molecular complexity index is 711. The third kappa shape index (κ3) is 1.73. The summed E-state index contributed by atoms with van der Waals surface area (Å²) in [6.45, 7) is 4.12. The fourth-order valence-electron chi connectivity index (χ4n) is 6.89. The van der Waals surface area contributed by atoms with E-state index in [4.69, 9.17) is 4.74 Å². The summed E-state index contributed by atoms with van der Waals surface area (Å²) < 4.78 is 5.80. The Morgan fingerprint density at radius 2 is 2.17 bits per heavy atom. The summed E-state index contributed by atoms with van der Waals surface area (Å²) in [5.74, 6) is 3.11. The van der Waals surface area contributed by atoms with E-state index in [1.165, 1.54) is 32.1 Å². The summed E-state index contributed by atoms with van der Waals surface area (Å²) >= 11 is 0. The van der Waals surface area contributed by atoms with Crippen molar-refractivity contribution >= 4 is 5.78 Å². The molecule has 5 aliphatic carbocycles. The molecule has 2 fully saturated rings. The maximum absolute atomic E-state index is 12.1. The first-order valence-electron chi connectivity index (χ1n) is 9.69. The molecule has 0 saturated heterocycles. The summed E-state index contributed by atoms with van der Waals surface area (Å²) in [5.41, 5.74) is 4.68. The van der Waals surface area contributed by atoms with Crippen molar-refractivity contribution < 1.29 is 9.53 Å². The highest BCUT2D eigenvalue weighted by molar-refractivity contribution is 5.95. The predicted molar refractivity (Wildman–Crippen MR) is 94.4 cm³/mol. The predicted octanol–water partition coefficient (Wildman–Crippen LogP) is 4.62. The van der Waals surface area contributed by atoms with E-state index < -0.39 is 0 Å². The Balaban J connectivity index is 1.47. The molecule has 6 atom stereocenters. The molecule has 4 unspecified atom stereocenters. The maximum Gasteiger partial charge on any atom is 0.156 e. The first kappa shape index (κ1) is 15.1. The van der Waals surface area contributed by atoms with E-state index in [-0.39, 0.29) is 11.0 Å². The second-order valence-electron chi connectivity index (χ2n) is 9.01. The van der Waals surface area contributed by atoms with Crippen molar-refractivity contribution in [3.05, 3.63) is 34.9 Å². The van der Waals surface area contributed by atoms with Gasteiger partial charge in [0, 0.05) is 13.0 Å². The quantitative estimate of drug-likeness (QED) is 0.741. The van der Waals surface area contributed by atoms with E-state index in [0.29, 0.717) is 17.6 Å². The number of hydrogen-bond acceptors (Lipinski definition) is 2. The van der Waals surface area contributed by atoms with E-state index in [9.17, 15) is 4.79 Å². The third-order valence-corrected chi connectivity index (χ3v) is 8.21. The fraction of sp³-hybridized carbons (Fsp3) is 0.682. The number of methoxy groups -OCH3 is 1. The molecule has 0 heterocycles. The van der Waals surface area contributed by atoms with Gasteiger partial charge in [-0.3, -0.25) is 4.79 Å². The van der Waals surface area contributed by atoms with Gasteiger partial charge in [0.25, 0.3) is 0 Å². The van der Waals surface area contributed by atoms with Crippen LogP contribution in [0.25, 0.3) is 0 Å². The molecule has 2 heteroatoms. The van der Waals surface area contributed by atoms with E-state index in [0.717, 1.165) is 23.8 Å². The average molecular weight is 324 g/mol. The van der Waals surface area contributed by atoms with E-state index in [2.05, 4.69) is 25.2 Å². The van der Waals surface area contributed by atoms with Gasteiger partial charge in [0.1, 0.15) is 0 Å². The van der Waals surface area contributed by atoms with Crippen LogP contribution in [0.3, 0.4) is 0 Å². The van der Waals surface area contributed by atoms with E-state index >= 15 is 0 Å². The van der Waals surface area contributed by atoms with Crippen LogP contribution in [0, 0.1) is 29.1 Å². The molecule has 0 spiro atoms. The van der Waals surface area contributed by atoms with Crippen molar-refractivity contribution in [1.82, 2.24) is 0 Å². The van der Waals surface area contributed by atoms with Gasteiger partial charge in [-0.1, -0.05) is 30.7 Å². The Morgan fingerprint density at radius 1 is 1.33 bits per heavy atom. The summed E-state index contributed by atoms with van der Waals surface area (Å²) in [6, 6.07) is 0. The zero-order valence-electron chi connectivity index (χ0n) is 15.1. The molecular weight excluding hydrogens is 296 g/mol. The minimum Gasteiger partial charge on any atom is -0.373 e. The fourth-order valence-corrected chi connectivity index (χ4v) is 6.89. The van der Waals surface area contributed by atoms with Crippen molar-refractivity contribution in [3.63, 3.8) is 0 Å². The van der Waals surface area contributed by atoms with Crippen LogP contribution >= 0.6 is 0 Å². The zero-order valence-corrected chi connectivity index (χ0v) is 15.1. The second kappa shape index (κ2) is 4.72. The van der Waals surface area contributed by atoms with Gasteiger partial charge in [0.05, 0.1) is 5.60 Å². The van der Waals surface area contributed by atoms with Crippen LogP contribution < -0.4 is 0 Å². The van der Waals surface area contributed by atoms with Crippen LogP contribution in [-0.2, 0) is 9.53 Å². The molecule has 0 amide bonds. The van der Waals surface area contributed by atoms with Gasteiger partial charge in [-0.2, -0.15) is 0 Å². The summed E-state index contributed by atoms with van der Waals surface area (Å²) in [6.07, 6.45) is 14.3. The number of rotatable bonds is 2. The summed E-state index contributed by atoms with van der Waals surface area (Å²) in [7, 11) is 1.86. The number of ketones is 1. The van der Waals surface area contributed by atoms with Crippen LogP contribution in [0.2, 0.25) is 0 Å². The van der Waals surface area contributed by atoms with Gasteiger partial charge >= 0.3 is 0 Å². The minimum atomic E-state index is 0.0472. The Labute approximate surface area is 145 Å². The molecule has 128 valence electrons. The largest absolute Gasteiger partial charge is 0.373 e. The SMILES string of the molecule is CO[C@]12C=CC3=C(CCC4C3CC[C@]3(C)C(C(C)=O)=CCC43)C1C2. The Hall–Kier alpha value is -1.15. The number of hydrogen-bond donors (Lipinski definition) is 0. The molecule has 0 aliphatic heterocycles. The lowest BCUT2D eigenvalue weighted by atomic mass is 9.53. The van der Waals surface area contributed by atoms with Crippen LogP contribution in [0.1, 0.15) is 52.4 Å². The van der Waals surface area contributed by atoms with Crippen LogP contribution in [0.4, 0.5) is 0 Å². The number of fused-ring (bicyclic) bond motifs is 6. The number of ether oxygens (including phenoxy) is 1. The molecule has 0 aromatic rings. The Morgan fingerprint density at radius 3 is 2.92 bits per heavy atom. The molecule has 5 rings (SSSR count). The summed E-state index contributed by atoms with van der Waals surface area (Å²) in [5, 5.41) is 0. The molecule has 0 radical (unpaired) electrons. The smallest absolute Gasteiger partial charge is 0.156 e. The molecule has 2 saturated carbocycles. The van der Waals surface area contributed by atoms with Crippen LogP contribution in [0.15, 0.2) is 34.9 Å². The highest BCUT2D eigenvalue weighted by Gasteiger charge is 2.60. The van der Waals surface area contributed by atoms with Crippen molar-refractivity contribution in [2.24, 2.45) is 29.1 Å². The Kier molecular flexibility index (Phi) is 2.98. The van der Waals surface area contributed by atoms with Crippen molar-refractivity contribution in [2.75, 3.05) is 7.11 Å². The maximum atomic E-state index is 12.1. The average Bonchev–Trinajstić information content (AvgIpc) is 3.21. The molecule has 24 heavy (non-hydrogen) atoms. The molecule has 0 aromatic carbocycles. The second-order valence-corrected chi connectivity index (χ2v) is 9.01. The monoisotopic (exact) mass is 324 g/mol. The van der Waals surface area contributed by atoms with E-state index in [1.807, 2.05) is 7.11 Å². The third-order valence-electron chi connectivity index (χ3n) is 8.21. The van der Waals surface area contributed by atoms with Gasteiger partial charge in [0.15, 0.2) is 5.78 Å². The minimum absolute atomic E-state index is 0.0472. The van der Waals surface area contributed by atoms with Crippen molar-refractivity contribution in [1.29, 1.82) is 0 Å². The lowest BCUT2D eigenvalue weighted by molar-refractivity contribution is -0.115. The molecule has 5 aliphatic rings. The zero-order chi connectivity index (χ0) is 16.7. The number of carbonyl (C=O) groups is 1.